The zero-order valence-corrected chi connectivity index (χ0v) is 12.7. The van der Waals surface area contributed by atoms with Gasteiger partial charge in [0.1, 0.15) is 0 Å². The summed E-state index contributed by atoms with van der Waals surface area (Å²) in [4.78, 5) is 22.9. The SMILES string of the molecule is CCc1ccc(C(=O)N[C@H](CO)c2ccccc2)cc1[N+](=O)[O-]. The molecule has 1 amide bonds. The quantitative estimate of drug-likeness (QED) is 0.633. The summed E-state index contributed by atoms with van der Waals surface area (Å²) in [5.41, 5.74) is 1.47. The first-order valence-electron chi connectivity index (χ1n) is 7.30. The van der Waals surface area contributed by atoms with Gasteiger partial charge in [-0.25, -0.2) is 0 Å². The highest BCUT2D eigenvalue weighted by Crippen LogP contribution is 2.21. The lowest BCUT2D eigenvalue weighted by molar-refractivity contribution is -0.385. The van der Waals surface area contributed by atoms with Crippen LogP contribution in [0.3, 0.4) is 0 Å². The number of nitrogens with zero attached hydrogens (tertiary/aromatic N) is 1. The number of hydrogen-bond acceptors (Lipinski definition) is 4. The van der Waals surface area contributed by atoms with Crippen LogP contribution < -0.4 is 5.32 Å². The normalized spacial score (nSPS) is 11.7. The van der Waals surface area contributed by atoms with E-state index >= 15 is 0 Å². The van der Waals surface area contributed by atoms with E-state index in [4.69, 9.17) is 0 Å². The Balaban J connectivity index is 2.23. The smallest absolute Gasteiger partial charge is 0.273 e. The van der Waals surface area contributed by atoms with Gasteiger partial charge in [0.15, 0.2) is 0 Å². The van der Waals surface area contributed by atoms with Gasteiger partial charge in [0.05, 0.1) is 17.6 Å². The molecule has 0 bridgehead atoms. The van der Waals surface area contributed by atoms with E-state index in [1.807, 2.05) is 25.1 Å². The van der Waals surface area contributed by atoms with Crippen molar-refractivity contribution in [3.8, 4) is 0 Å². The van der Waals surface area contributed by atoms with E-state index in [-0.39, 0.29) is 17.9 Å². The maximum Gasteiger partial charge on any atom is 0.273 e. The average molecular weight is 314 g/mol. The second kappa shape index (κ2) is 7.51. The van der Waals surface area contributed by atoms with Gasteiger partial charge in [0, 0.05) is 17.2 Å². The van der Waals surface area contributed by atoms with E-state index < -0.39 is 16.9 Å². The van der Waals surface area contributed by atoms with Crippen LogP contribution in [-0.2, 0) is 6.42 Å². The largest absolute Gasteiger partial charge is 0.394 e. The molecule has 6 heteroatoms. The number of aliphatic hydroxyl groups is 1. The van der Waals surface area contributed by atoms with Crippen molar-refractivity contribution < 1.29 is 14.8 Å². The number of carbonyl (C=O) groups is 1. The highest BCUT2D eigenvalue weighted by Gasteiger charge is 2.19. The minimum Gasteiger partial charge on any atom is -0.394 e. The van der Waals surface area contributed by atoms with Gasteiger partial charge in [-0.2, -0.15) is 0 Å². The molecule has 0 heterocycles. The van der Waals surface area contributed by atoms with Gasteiger partial charge in [-0.05, 0) is 18.1 Å². The molecular formula is C17H18N2O4. The standard InChI is InChI=1S/C17H18N2O4/c1-2-12-8-9-14(10-16(12)19(22)23)17(21)18-15(11-20)13-6-4-3-5-7-13/h3-10,15,20H,2,11H2,1H3,(H,18,21)/t15-/m1/s1. The van der Waals surface area contributed by atoms with Crippen LogP contribution in [0.5, 0.6) is 0 Å². The number of amides is 1. The first kappa shape index (κ1) is 16.6. The molecule has 0 spiro atoms. The monoisotopic (exact) mass is 314 g/mol. The minimum atomic E-state index is -0.561. The molecule has 2 aromatic carbocycles. The molecule has 0 fully saturated rings. The maximum atomic E-state index is 12.3. The second-order valence-electron chi connectivity index (χ2n) is 5.07. The van der Waals surface area contributed by atoms with Gasteiger partial charge in [0.25, 0.3) is 11.6 Å². The highest BCUT2D eigenvalue weighted by atomic mass is 16.6. The summed E-state index contributed by atoms with van der Waals surface area (Å²) < 4.78 is 0. The van der Waals surface area contributed by atoms with Crippen molar-refractivity contribution in [2.24, 2.45) is 0 Å². The van der Waals surface area contributed by atoms with Crippen LogP contribution in [0.1, 0.15) is 34.5 Å². The molecule has 0 aliphatic carbocycles. The predicted octanol–water partition coefficient (Wildman–Crippen LogP) is 2.62. The Morgan fingerprint density at radius 1 is 1.26 bits per heavy atom. The van der Waals surface area contributed by atoms with Crippen LogP contribution in [0.2, 0.25) is 0 Å². The Kier molecular flexibility index (Phi) is 5.43. The van der Waals surface area contributed by atoms with Gasteiger partial charge >= 0.3 is 0 Å². The topological polar surface area (TPSA) is 92.5 Å². The number of aliphatic hydroxyl groups excluding tert-OH is 1. The van der Waals surface area contributed by atoms with Crippen LogP contribution in [-0.4, -0.2) is 22.5 Å². The first-order chi connectivity index (χ1) is 11.1. The molecule has 120 valence electrons. The summed E-state index contributed by atoms with van der Waals surface area (Å²) in [5.74, 6) is -0.460. The lowest BCUT2D eigenvalue weighted by Gasteiger charge is -2.16. The minimum absolute atomic E-state index is 0.0691. The first-order valence-corrected chi connectivity index (χ1v) is 7.30. The molecule has 2 N–H and O–H groups in total. The molecule has 2 rings (SSSR count). The van der Waals surface area contributed by atoms with Crippen molar-refractivity contribution in [1.29, 1.82) is 0 Å². The number of nitro benzene ring substituents is 1. The molecule has 2 aromatic rings. The highest BCUT2D eigenvalue weighted by molar-refractivity contribution is 5.95. The molecule has 6 nitrogen and oxygen atoms in total. The van der Waals surface area contributed by atoms with Gasteiger partial charge in [-0.1, -0.05) is 43.3 Å². The Hall–Kier alpha value is -2.73. The molecule has 23 heavy (non-hydrogen) atoms. The van der Waals surface area contributed by atoms with E-state index in [2.05, 4.69) is 5.32 Å². The fourth-order valence-electron chi connectivity index (χ4n) is 2.34. The summed E-state index contributed by atoms with van der Waals surface area (Å²) in [6.45, 7) is 1.56. The molecular weight excluding hydrogens is 296 g/mol. The summed E-state index contributed by atoms with van der Waals surface area (Å²) in [6, 6.07) is 12.9. The lowest BCUT2D eigenvalue weighted by atomic mass is 10.0. The third-order valence-corrected chi connectivity index (χ3v) is 3.61. The molecule has 0 unspecified atom stereocenters. The van der Waals surface area contributed by atoms with Crippen LogP contribution in [0.4, 0.5) is 5.69 Å². The number of nitro groups is 1. The van der Waals surface area contributed by atoms with Crippen molar-refractivity contribution in [3.05, 3.63) is 75.3 Å². The van der Waals surface area contributed by atoms with Crippen molar-refractivity contribution in [3.63, 3.8) is 0 Å². The Morgan fingerprint density at radius 3 is 2.52 bits per heavy atom. The van der Waals surface area contributed by atoms with E-state index in [0.29, 0.717) is 12.0 Å². The molecule has 0 radical (unpaired) electrons. The third-order valence-electron chi connectivity index (χ3n) is 3.61. The zero-order valence-electron chi connectivity index (χ0n) is 12.7. The molecule has 0 aliphatic heterocycles. The summed E-state index contributed by atoms with van der Waals surface area (Å²) in [7, 11) is 0. The van der Waals surface area contributed by atoms with Gasteiger partial charge < -0.3 is 10.4 Å². The fraction of sp³-hybridized carbons (Fsp3) is 0.235. The van der Waals surface area contributed by atoms with Crippen molar-refractivity contribution in [2.45, 2.75) is 19.4 Å². The number of carbonyl (C=O) groups excluding carboxylic acids is 1. The van der Waals surface area contributed by atoms with Crippen LogP contribution in [0.15, 0.2) is 48.5 Å². The van der Waals surface area contributed by atoms with Crippen LogP contribution in [0, 0.1) is 10.1 Å². The summed E-state index contributed by atoms with van der Waals surface area (Å²) >= 11 is 0. The summed E-state index contributed by atoms with van der Waals surface area (Å²) in [6.07, 6.45) is 0.515. The van der Waals surface area contributed by atoms with Crippen molar-refractivity contribution in [1.82, 2.24) is 5.32 Å². The predicted molar refractivity (Wildman–Crippen MR) is 86.2 cm³/mol. The number of nitrogens with one attached hydrogen (secondary N) is 1. The molecule has 1 atom stereocenters. The van der Waals surface area contributed by atoms with Gasteiger partial charge in [-0.15, -0.1) is 0 Å². The number of benzene rings is 2. The third kappa shape index (κ3) is 3.92. The Morgan fingerprint density at radius 2 is 1.96 bits per heavy atom. The van der Waals surface area contributed by atoms with E-state index in [0.717, 1.165) is 5.56 Å². The average Bonchev–Trinajstić information content (AvgIpc) is 2.59. The lowest BCUT2D eigenvalue weighted by Crippen LogP contribution is -2.30. The van der Waals surface area contributed by atoms with E-state index in [9.17, 15) is 20.0 Å². The maximum absolute atomic E-state index is 12.3. The number of rotatable bonds is 6. The zero-order chi connectivity index (χ0) is 16.8. The Bertz CT molecular complexity index is 701. The van der Waals surface area contributed by atoms with Crippen molar-refractivity contribution >= 4 is 11.6 Å². The van der Waals surface area contributed by atoms with Crippen LogP contribution in [0.25, 0.3) is 0 Å². The summed E-state index contributed by atoms with van der Waals surface area (Å²) in [5, 5.41) is 23.3. The Labute approximate surface area is 133 Å². The molecule has 0 aromatic heterocycles. The van der Waals surface area contributed by atoms with E-state index in [1.54, 1.807) is 24.3 Å². The van der Waals surface area contributed by atoms with Gasteiger partial charge in [0.2, 0.25) is 0 Å². The number of aryl methyl sites for hydroxylation is 1. The van der Waals surface area contributed by atoms with Crippen molar-refractivity contribution in [2.75, 3.05) is 6.61 Å². The second-order valence-corrected chi connectivity index (χ2v) is 5.07. The van der Waals surface area contributed by atoms with Gasteiger partial charge in [-0.3, -0.25) is 14.9 Å². The van der Waals surface area contributed by atoms with Crippen LogP contribution >= 0.6 is 0 Å². The number of hydrogen-bond donors (Lipinski definition) is 2. The molecule has 0 saturated heterocycles. The van der Waals surface area contributed by atoms with E-state index in [1.165, 1.54) is 6.07 Å². The molecule has 0 saturated carbocycles. The fourth-order valence-corrected chi connectivity index (χ4v) is 2.34. The molecule has 0 aliphatic rings.